The van der Waals surface area contributed by atoms with Gasteiger partial charge in [0.2, 0.25) is 5.91 Å². The minimum absolute atomic E-state index is 0.0460. The number of amides is 2. The van der Waals surface area contributed by atoms with Crippen molar-refractivity contribution < 1.29 is 27.5 Å². The summed E-state index contributed by atoms with van der Waals surface area (Å²) >= 11 is 0. The molecule has 5 heterocycles. The molecule has 1 fully saturated rings. The standard InChI is InChI=1S/C32H38F3N7O3/c1-40-27-23(15-20(17-25(27)45-2)31(44)41-13-8-9-21(36)18-41)38-30(40)24-16-19-11-12-22-28(32(33,34)35)39-26(43)10-6-4-3-5-7-14-42(24)29(19)37-22/h11-12,15-17,21,28H,3-10,13-14,18,36H2,1-2H3,(H,39,43)/t21-,28-/m1/s1. The summed E-state index contributed by atoms with van der Waals surface area (Å²) in [5.41, 5.74) is 8.63. The van der Waals surface area contributed by atoms with Gasteiger partial charge in [-0.3, -0.25) is 9.59 Å². The minimum atomic E-state index is -4.71. The van der Waals surface area contributed by atoms with Crippen LogP contribution >= 0.6 is 0 Å². The number of nitrogens with zero attached hydrogens (tertiary/aromatic N) is 5. The lowest BCUT2D eigenvalue weighted by Gasteiger charge is -2.30. The molecule has 1 aromatic carbocycles. The lowest BCUT2D eigenvalue weighted by Crippen LogP contribution is -2.45. The topological polar surface area (TPSA) is 120 Å². The first-order valence-corrected chi connectivity index (χ1v) is 15.5. The number of aromatic nitrogens is 4. The van der Waals surface area contributed by atoms with Crippen molar-refractivity contribution in [1.29, 1.82) is 0 Å². The summed E-state index contributed by atoms with van der Waals surface area (Å²) in [6.07, 6.45) is 0.888. The number of rotatable bonds is 3. The summed E-state index contributed by atoms with van der Waals surface area (Å²) in [6.45, 7) is 1.65. The molecule has 0 radical (unpaired) electrons. The number of likely N-dealkylation sites (tertiary alicyclic amines) is 1. The van der Waals surface area contributed by atoms with Gasteiger partial charge in [0, 0.05) is 50.1 Å². The zero-order valence-electron chi connectivity index (χ0n) is 25.5. The van der Waals surface area contributed by atoms with Crippen molar-refractivity contribution in [3.05, 3.63) is 41.6 Å². The lowest BCUT2D eigenvalue weighted by atomic mass is 10.0. The second kappa shape index (κ2) is 12.3. The first kappa shape index (κ1) is 30.9. The van der Waals surface area contributed by atoms with Crippen LogP contribution in [0.15, 0.2) is 30.3 Å². The first-order chi connectivity index (χ1) is 21.5. The predicted octanol–water partition coefficient (Wildman–Crippen LogP) is 5.24. The number of nitrogens with one attached hydrogen (secondary N) is 1. The van der Waals surface area contributed by atoms with Gasteiger partial charge in [0.25, 0.3) is 5.91 Å². The van der Waals surface area contributed by atoms with Gasteiger partial charge < -0.3 is 29.8 Å². The van der Waals surface area contributed by atoms with E-state index in [-0.39, 0.29) is 24.1 Å². The Morgan fingerprint density at radius 2 is 1.82 bits per heavy atom. The Morgan fingerprint density at radius 1 is 1.04 bits per heavy atom. The maximum absolute atomic E-state index is 14.2. The van der Waals surface area contributed by atoms with E-state index >= 15 is 0 Å². The van der Waals surface area contributed by atoms with Crippen LogP contribution in [0, 0.1) is 0 Å². The Hall–Kier alpha value is -4.13. The number of nitrogens with two attached hydrogens (primary N) is 1. The number of halogens is 3. The molecule has 2 aliphatic heterocycles. The van der Waals surface area contributed by atoms with E-state index in [1.54, 1.807) is 30.2 Å². The highest BCUT2D eigenvalue weighted by Crippen LogP contribution is 2.37. The number of piperidine rings is 1. The Kier molecular flexibility index (Phi) is 8.47. The van der Waals surface area contributed by atoms with Crippen molar-refractivity contribution >= 4 is 33.9 Å². The fraction of sp³-hybridized carbons (Fsp3) is 0.500. The average Bonchev–Trinajstić information content (AvgIpc) is 3.54. The van der Waals surface area contributed by atoms with E-state index in [2.05, 4.69) is 10.3 Å². The largest absolute Gasteiger partial charge is 0.494 e. The smallest absolute Gasteiger partial charge is 0.414 e. The van der Waals surface area contributed by atoms with Gasteiger partial charge in [-0.15, -0.1) is 0 Å². The monoisotopic (exact) mass is 625 g/mol. The number of hydrogen-bond acceptors (Lipinski definition) is 6. The molecule has 1 saturated heterocycles. The number of imidazole rings is 1. The van der Waals surface area contributed by atoms with Gasteiger partial charge in [0.1, 0.15) is 16.9 Å². The molecule has 3 N–H and O–H groups in total. The zero-order valence-corrected chi connectivity index (χ0v) is 25.5. The van der Waals surface area contributed by atoms with Crippen molar-refractivity contribution in [3.8, 4) is 17.3 Å². The molecular formula is C32H38F3N7O3. The van der Waals surface area contributed by atoms with Crippen LogP contribution in [-0.2, 0) is 18.4 Å². The molecule has 0 spiro atoms. The van der Waals surface area contributed by atoms with Crippen LogP contribution in [0.3, 0.4) is 0 Å². The number of hydrogen-bond donors (Lipinski definition) is 2. The summed E-state index contributed by atoms with van der Waals surface area (Å²) in [4.78, 5) is 37.1. The number of methoxy groups -OCH3 is 1. The van der Waals surface area contributed by atoms with Gasteiger partial charge in [-0.05, 0) is 56.0 Å². The number of aryl methyl sites for hydroxylation is 2. The summed E-state index contributed by atoms with van der Waals surface area (Å²) in [7, 11) is 3.39. The number of carbonyl (C=O) groups excluding carboxylic acids is 2. The first-order valence-electron chi connectivity index (χ1n) is 15.5. The molecule has 10 nitrogen and oxygen atoms in total. The summed E-state index contributed by atoms with van der Waals surface area (Å²) in [6, 6.07) is 6.00. The van der Waals surface area contributed by atoms with Crippen molar-refractivity contribution in [1.82, 2.24) is 29.3 Å². The molecule has 2 bridgehead atoms. The quantitative estimate of drug-likeness (QED) is 0.322. The Morgan fingerprint density at radius 3 is 2.58 bits per heavy atom. The van der Waals surface area contributed by atoms with Gasteiger partial charge in [-0.25, -0.2) is 9.97 Å². The van der Waals surface area contributed by atoms with Crippen LogP contribution in [0.25, 0.3) is 33.6 Å². The number of ether oxygens (including phenoxy) is 1. The van der Waals surface area contributed by atoms with Crippen LogP contribution in [0.2, 0.25) is 0 Å². The molecule has 240 valence electrons. The fourth-order valence-electron chi connectivity index (χ4n) is 6.55. The highest BCUT2D eigenvalue weighted by molar-refractivity contribution is 6.00. The summed E-state index contributed by atoms with van der Waals surface area (Å²) in [5, 5.41) is 2.82. The maximum atomic E-state index is 14.2. The number of benzene rings is 1. The van der Waals surface area contributed by atoms with Crippen molar-refractivity contribution in [3.63, 3.8) is 0 Å². The molecule has 13 heteroatoms. The second-order valence-corrected chi connectivity index (χ2v) is 12.1. The summed E-state index contributed by atoms with van der Waals surface area (Å²) < 4.78 is 52.0. The van der Waals surface area contributed by atoms with E-state index in [0.29, 0.717) is 71.0 Å². The van der Waals surface area contributed by atoms with E-state index in [1.165, 1.54) is 6.07 Å². The fourth-order valence-corrected chi connectivity index (χ4v) is 6.55. The molecule has 45 heavy (non-hydrogen) atoms. The zero-order chi connectivity index (χ0) is 31.9. The summed E-state index contributed by atoms with van der Waals surface area (Å²) in [5.74, 6) is 0.277. The lowest BCUT2D eigenvalue weighted by molar-refractivity contribution is -0.164. The van der Waals surface area contributed by atoms with E-state index in [1.807, 2.05) is 22.2 Å². The number of carbonyl (C=O) groups is 2. The van der Waals surface area contributed by atoms with Crippen molar-refractivity contribution in [2.45, 2.75) is 76.2 Å². The molecule has 6 rings (SSSR count). The van der Waals surface area contributed by atoms with Crippen molar-refractivity contribution in [2.75, 3.05) is 20.2 Å². The van der Waals surface area contributed by atoms with Crippen LogP contribution in [0.4, 0.5) is 13.2 Å². The highest BCUT2D eigenvalue weighted by Gasteiger charge is 2.43. The van der Waals surface area contributed by atoms with Gasteiger partial charge >= 0.3 is 6.18 Å². The molecule has 2 amide bonds. The predicted molar refractivity (Wildman–Crippen MR) is 164 cm³/mol. The number of fused-ring (bicyclic) bond motifs is 2. The molecule has 0 aliphatic carbocycles. The molecular weight excluding hydrogens is 587 g/mol. The van der Waals surface area contributed by atoms with E-state index in [9.17, 15) is 22.8 Å². The molecule has 2 atom stereocenters. The van der Waals surface area contributed by atoms with E-state index < -0.39 is 18.1 Å². The second-order valence-electron chi connectivity index (χ2n) is 12.1. The van der Waals surface area contributed by atoms with Gasteiger partial charge in [-0.1, -0.05) is 19.3 Å². The van der Waals surface area contributed by atoms with Gasteiger partial charge in [0.15, 0.2) is 11.9 Å². The van der Waals surface area contributed by atoms with E-state index in [4.69, 9.17) is 15.5 Å². The molecule has 2 aliphatic rings. The Labute approximate surface area is 258 Å². The van der Waals surface area contributed by atoms with E-state index in [0.717, 1.165) is 38.5 Å². The molecule has 0 saturated carbocycles. The third-order valence-corrected chi connectivity index (χ3v) is 8.85. The van der Waals surface area contributed by atoms with Gasteiger partial charge in [-0.2, -0.15) is 13.2 Å². The SMILES string of the molecule is COc1cc(C(=O)N2CCC[C@@H](N)C2)cc2nc(-c3cc4ccc5nc4n3CCCCCCCC(=O)N[C@H]5C(F)(F)F)n(C)c12. The Bertz CT molecular complexity index is 1750. The van der Waals surface area contributed by atoms with Crippen molar-refractivity contribution in [2.24, 2.45) is 12.8 Å². The average molecular weight is 626 g/mol. The van der Waals surface area contributed by atoms with Crippen LogP contribution in [0.1, 0.15) is 73.5 Å². The minimum Gasteiger partial charge on any atom is -0.494 e. The normalized spacial score (nSPS) is 20.4. The third kappa shape index (κ3) is 6.09. The van der Waals surface area contributed by atoms with Crippen LogP contribution < -0.4 is 15.8 Å². The Balaban J connectivity index is 1.47. The highest BCUT2D eigenvalue weighted by atomic mass is 19.4. The van der Waals surface area contributed by atoms with Crippen LogP contribution in [-0.4, -0.2) is 68.2 Å². The number of alkyl halides is 3. The van der Waals surface area contributed by atoms with Crippen LogP contribution in [0.5, 0.6) is 5.75 Å². The van der Waals surface area contributed by atoms with Gasteiger partial charge in [0.05, 0.1) is 24.0 Å². The molecule has 0 unspecified atom stereocenters. The molecule has 4 aromatic rings. The molecule has 3 aromatic heterocycles. The third-order valence-electron chi connectivity index (χ3n) is 8.85. The number of pyridine rings is 1. The maximum Gasteiger partial charge on any atom is 0.414 e.